The average molecular weight is 333 g/mol. The Kier molecular flexibility index (Phi) is 5.24. The van der Waals surface area contributed by atoms with Crippen LogP contribution in [0.4, 0.5) is 0 Å². The molecule has 1 fully saturated rings. The lowest BCUT2D eigenvalue weighted by molar-refractivity contribution is 0.193. The number of likely N-dealkylation sites (tertiary alicyclic amines) is 1. The number of sulfonamides is 1. The lowest BCUT2D eigenvalue weighted by atomic mass is 10.0. The summed E-state index contributed by atoms with van der Waals surface area (Å²) in [6.45, 7) is 8.26. The van der Waals surface area contributed by atoms with Crippen molar-refractivity contribution in [2.24, 2.45) is 5.92 Å². The maximum atomic E-state index is 12.3. The summed E-state index contributed by atoms with van der Waals surface area (Å²) in [5.41, 5.74) is 0.403. The number of thiazole rings is 1. The first-order valence-electron chi connectivity index (χ1n) is 7.24. The third-order valence-electron chi connectivity index (χ3n) is 3.89. The monoisotopic (exact) mass is 333 g/mol. The second-order valence-electron chi connectivity index (χ2n) is 5.83. The van der Waals surface area contributed by atoms with Crippen LogP contribution in [0.25, 0.3) is 0 Å². The molecule has 1 aromatic heterocycles. The standard InChI is InChI=1S/C13H23N3O3S2/c1-9(2)11(16-6-4-5-7-16)8-14-21(18,19)12-10(3)15-13(17)20-12/h9,11,14H,4-8H2,1-3H3,(H,15,17). The van der Waals surface area contributed by atoms with Crippen molar-refractivity contribution in [2.45, 2.75) is 43.9 Å². The summed E-state index contributed by atoms with van der Waals surface area (Å²) in [5.74, 6) is 0.372. The molecular weight excluding hydrogens is 310 g/mol. The molecular formula is C13H23N3O3S2. The van der Waals surface area contributed by atoms with Crippen molar-refractivity contribution < 1.29 is 8.42 Å². The van der Waals surface area contributed by atoms with Crippen LogP contribution in [0.15, 0.2) is 9.00 Å². The number of aromatic amines is 1. The van der Waals surface area contributed by atoms with Crippen LogP contribution in [0.2, 0.25) is 0 Å². The Bertz CT molecular complexity index is 627. The molecule has 0 bridgehead atoms. The number of hydrogen-bond donors (Lipinski definition) is 2. The van der Waals surface area contributed by atoms with Crippen LogP contribution in [0, 0.1) is 12.8 Å². The molecule has 1 aliphatic rings. The Morgan fingerprint density at radius 3 is 2.43 bits per heavy atom. The Morgan fingerprint density at radius 2 is 1.95 bits per heavy atom. The summed E-state index contributed by atoms with van der Waals surface area (Å²) in [6.07, 6.45) is 2.35. The lowest BCUT2D eigenvalue weighted by Crippen LogP contribution is -2.45. The lowest BCUT2D eigenvalue weighted by Gasteiger charge is -2.30. The molecule has 0 radical (unpaired) electrons. The number of H-pyrrole nitrogens is 1. The quantitative estimate of drug-likeness (QED) is 0.818. The summed E-state index contributed by atoms with van der Waals surface area (Å²) in [4.78, 5) is 15.8. The van der Waals surface area contributed by atoms with Crippen LogP contribution in [-0.4, -0.2) is 44.0 Å². The van der Waals surface area contributed by atoms with Gasteiger partial charge in [-0.2, -0.15) is 0 Å². The summed E-state index contributed by atoms with van der Waals surface area (Å²) in [5, 5.41) is 0. The third-order valence-corrected chi connectivity index (χ3v) is 6.92. The highest BCUT2D eigenvalue weighted by atomic mass is 32.2. The van der Waals surface area contributed by atoms with Gasteiger partial charge in [0.1, 0.15) is 0 Å². The van der Waals surface area contributed by atoms with Gasteiger partial charge in [0.2, 0.25) is 0 Å². The molecule has 0 amide bonds. The predicted octanol–water partition coefficient (Wildman–Crippen LogP) is 1.14. The Balaban J connectivity index is 2.09. The van der Waals surface area contributed by atoms with E-state index in [0.29, 0.717) is 18.2 Å². The van der Waals surface area contributed by atoms with Gasteiger partial charge in [-0.3, -0.25) is 9.69 Å². The van der Waals surface area contributed by atoms with Gasteiger partial charge < -0.3 is 4.98 Å². The summed E-state index contributed by atoms with van der Waals surface area (Å²) in [6, 6.07) is 0.193. The molecule has 1 unspecified atom stereocenters. The van der Waals surface area contributed by atoms with Crippen LogP contribution < -0.4 is 9.60 Å². The molecule has 2 heterocycles. The van der Waals surface area contributed by atoms with Crippen molar-refractivity contribution in [3.63, 3.8) is 0 Å². The highest BCUT2D eigenvalue weighted by Gasteiger charge is 2.27. The van der Waals surface area contributed by atoms with Crippen molar-refractivity contribution in [1.82, 2.24) is 14.6 Å². The highest BCUT2D eigenvalue weighted by molar-refractivity contribution is 7.91. The first-order valence-corrected chi connectivity index (χ1v) is 9.54. The van der Waals surface area contributed by atoms with Crippen LogP contribution in [0.5, 0.6) is 0 Å². The number of aryl methyl sites for hydroxylation is 1. The molecule has 0 spiro atoms. The van der Waals surface area contributed by atoms with Gasteiger partial charge >= 0.3 is 4.87 Å². The maximum absolute atomic E-state index is 12.3. The zero-order valence-corrected chi connectivity index (χ0v) is 14.3. The first-order chi connectivity index (χ1) is 9.81. The molecule has 0 saturated carbocycles. The van der Waals surface area contributed by atoms with E-state index in [1.54, 1.807) is 6.92 Å². The summed E-state index contributed by atoms with van der Waals surface area (Å²) in [7, 11) is -3.62. The second kappa shape index (κ2) is 6.60. The van der Waals surface area contributed by atoms with Crippen LogP contribution in [0.1, 0.15) is 32.4 Å². The van der Waals surface area contributed by atoms with E-state index >= 15 is 0 Å². The number of aromatic nitrogens is 1. The van der Waals surface area contributed by atoms with Crippen LogP contribution in [0.3, 0.4) is 0 Å². The van der Waals surface area contributed by atoms with E-state index in [0.717, 1.165) is 24.4 Å². The molecule has 0 aliphatic carbocycles. The molecule has 1 aliphatic heterocycles. The minimum Gasteiger partial charge on any atom is -0.315 e. The van der Waals surface area contributed by atoms with E-state index in [4.69, 9.17) is 0 Å². The van der Waals surface area contributed by atoms with Gasteiger partial charge in [-0.25, -0.2) is 13.1 Å². The minimum absolute atomic E-state index is 0.0939. The molecule has 1 saturated heterocycles. The largest absolute Gasteiger partial charge is 0.315 e. The zero-order valence-electron chi connectivity index (χ0n) is 12.7. The summed E-state index contributed by atoms with van der Waals surface area (Å²) >= 11 is 0.738. The van der Waals surface area contributed by atoms with E-state index in [1.807, 2.05) is 0 Å². The Morgan fingerprint density at radius 1 is 1.33 bits per heavy atom. The van der Waals surface area contributed by atoms with E-state index in [1.165, 1.54) is 12.8 Å². The van der Waals surface area contributed by atoms with E-state index in [2.05, 4.69) is 28.5 Å². The number of rotatable bonds is 6. The SMILES string of the molecule is Cc1[nH]c(=O)sc1S(=O)(=O)NCC(C(C)C)N1CCCC1. The Labute approximate surface area is 129 Å². The molecule has 21 heavy (non-hydrogen) atoms. The first kappa shape index (κ1) is 16.7. The minimum atomic E-state index is -3.62. The van der Waals surface area contributed by atoms with Crippen molar-refractivity contribution >= 4 is 21.4 Å². The zero-order chi connectivity index (χ0) is 15.6. The maximum Gasteiger partial charge on any atom is 0.305 e. The van der Waals surface area contributed by atoms with Gasteiger partial charge in [-0.15, -0.1) is 0 Å². The van der Waals surface area contributed by atoms with Gasteiger partial charge in [0.25, 0.3) is 10.0 Å². The summed E-state index contributed by atoms with van der Waals surface area (Å²) < 4.78 is 27.4. The van der Waals surface area contributed by atoms with Gasteiger partial charge in [-0.1, -0.05) is 25.2 Å². The van der Waals surface area contributed by atoms with E-state index in [-0.39, 0.29) is 15.1 Å². The van der Waals surface area contributed by atoms with Gasteiger partial charge in [0.05, 0.1) is 0 Å². The highest BCUT2D eigenvalue weighted by Crippen LogP contribution is 2.19. The van der Waals surface area contributed by atoms with Crippen LogP contribution >= 0.6 is 11.3 Å². The van der Waals surface area contributed by atoms with Crippen molar-refractivity contribution in [3.8, 4) is 0 Å². The van der Waals surface area contributed by atoms with Crippen molar-refractivity contribution in [2.75, 3.05) is 19.6 Å². The fourth-order valence-corrected chi connectivity index (χ4v) is 5.16. The van der Waals surface area contributed by atoms with Crippen LogP contribution in [-0.2, 0) is 10.0 Å². The second-order valence-corrected chi connectivity index (χ2v) is 8.78. The fourth-order valence-electron chi connectivity index (χ4n) is 2.77. The number of hydrogen-bond acceptors (Lipinski definition) is 5. The average Bonchev–Trinajstić information content (AvgIpc) is 2.99. The fraction of sp³-hybridized carbons (Fsp3) is 0.769. The molecule has 2 rings (SSSR count). The Hall–Kier alpha value is -0.700. The van der Waals surface area contributed by atoms with Gasteiger partial charge in [0.15, 0.2) is 4.21 Å². The molecule has 120 valence electrons. The van der Waals surface area contributed by atoms with Gasteiger partial charge in [-0.05, 0) is 38.8 Å². The molecule has 6 nitrogen and oxygen atoms in total. The number of nitrogens with one attached hydrogen (secondary N) is 2. The molecule has 8 heteroatoms. The molecule has 1 aromatic rings. The molecule has 1 atom stereocenters. The smallest absolute Gasteiger partial charge is 0.305 e. The number of nitrogens with zero attached hydrogens (tertiary/aromatic N) is 1. The topological polar surface area (TPSA) is 82.3 Å². The molecule has 0 aromatic carbocycles. The normalized spacial score (nSPS) is 18.5. The van der Waals surface area contributed by atoms with E-state index in [9.17, 15) is 13.2 Å². The van der Waals surface area contributed by atoms with E-state index < -0.39 is 10.0 Å². The molecule has 2 N–H and O–H groups in total. The van der Waals surface area contributed by atoms with Crippen molar-refractivity contribution in [1.29, 1.82) is 0 Å². The van der Waals surface area contributed by atoms with Gasteiger partial charge in [0, 0.05) is 18.3 Å². The van der Waals surface area contributed by atoms with Crippen molar-refractivity contribution in [3.05, 3.63) is 15.4 Å². The predicted molar refractivity (Wildman–Crippen MR) is 84.3 cm³/mol. The third kappa shape index (κ3) is 3.94.